The molecule has 1 unspecified atom stereocenters. The van der Waals surface area contributed by atoms with Crippen LogP contribution in [-0.4, -0.2) is 61.0 Å². The van der Waals surface area contributed by atoms with Gasteiger partial charge in [-0.1, -0.05) is 0 Å². The van der Waals surface area contributed by atoms with E-state index in [0.29, 0.717) is 19.5 Å². The van der Waals surface area contributed by atoms with Crippen molar-refractivity contribution in [2.75, 3.05) is 39.4 Å². The van der Waals surface area contributed by atoms with E-state index in [9.17, 15) is 9.59 Å². The Hall–Kier alpha value is -1.10. The van der Waals surface area contributed by atoms with Gasteiger partial charge in [0.1, 0.15) is 0 Å². The van der Waals surface area contributed by atoms with E-state index in [4.69, 9.17) is 4.74 Å². The van der Waals surface area contributed by atoms with Crippen molar-refractivity contribution >= 4 is 11.8 Å². The van der Waals surface area contributed by atoms with Crippen molar-refractivity contribution in [1.82, 2.24) is 9.80 Å². The highest BCUT2D eigenvalue weighted by Gasteiger charge is 2.42. The minimum Gasteiger partial charge on any atom is -0.381 e. The van der Waals surface area contributed by atoms with Gasteiger partial charge in [0, 0.05) is 45.8 Å². The molecule has 3 fully saturated rings. The van der Waals surface area contributed by atoms with Crippen LogP contribution < -0.4 is 0 Å². The summed E-state index contributed by atoms with van der Waals surface area (Å²) in [6.07, 6.45) is 4.84. The second-order valence-corrected chi connectivity index (χ2v) is 6.81. The van der Waals surface area contributed by atoms with Gasteiger partial charge < -0.3 is 14.5 Å². The summed E-state index contributed by atoms with van der Waals surface area (Å²) in [5.41, 5.74) is 0.277. The molecule has 118 valence electrons. The van der Waals surface area contributed by atoms with Crippen molar-refractivity contribution in [2.24, 2.45) is 11.3 Å². The topological polar surface area (TPSA) is 49.9 Å². The molecule has 3 aliphatic rings. The van der Waals surface area contributed by atoms with Crippen LogP contribution in [0.3, 0.4) is 0 Å². The zero-order valence-corrected chi connectivity index (χ0v) is 13.0. The number of amides is 2. The van der Waals surface area contributed by atoms with Gasteiger partial charge in [0.25, 0.3) is 0 Å². The summed E-state index contributed by atoms with van der Waals surface area (Å²) in [4.78, 5) is 28.4. The van der Waals surface area contributed by atoms with Crippen molar-refractivity contribution < 1.29 is 14.3 Å². The first kappa shape index (κ1) is 14.8. The van der Waals surface area contributed by atoms with Crippen molar-refractivity contribution in [3.05, 3.63) is 0 Å². The molecule has 0 aromatic heterocycles. The van der Waals surface area contributed by atoms with Gasteiger partial charge in [-0.2, -0.15) is 0 Å². The fourth-order valence-electron chi connectivity index (χ4n) is 4.11. The van der Waals surface area contributed by atoms with Crippen molar-refractivity contribution in [3.8, 4) is 0 Å². The van der Waals surface area contributed by atoms with Gasteiger partial charge in [0.05, 0.1) is 5.92 Å². The molecule has 0 saturated carbocycles. The summed E-state index contributed by atoms with van der Waals surface area (Å²) in [5.74, 6) is 0.214. The highest BCUT2D eigenvalue weighted by atomic mass is 16.5. The van der Waals surface area contributed by atoms with Gasteiger partial charge in [-0.25, -0.2) is 0 Å². The molecule has 3 heterocycles. The number of nitrogens with zero attached hydrogens (tertiary/aromatic N) is 2. The zero-order valence-electron chi connectivity index (χ0n) is 13.0. The quantitative estimate of drug-likeness (QED) is 0.771. The zero-order chi connectivity index (χ0) is 14.9. The number of hydrogen-bond acceptors (Lipinski definition) is 3. The van der Waals surface area contributed by atoms with Gasteiger partial charge >= 0.3 is 0 Å². The van der Waals surface area contributed by atoms with Crippen LogP contribution in [0.2, 0.25) is 0 Å². The molecule has 0 aromatic carbocycles. The SMILES string of the molecule is CCN1CC(C(=O)N2CCCC3(CCOCC3)C2)CC1=O. The minimum absolute atomic E-state index is 0.118. The number of likely N-dealkylation sites (tertiary alicyclic amines) is 2. The first-order valence-corrected chi connectivity index (χ1v) is 8.28. The van der Waals surface area contributed by atoms with Crippen LogP contribution in [0.1, 0.15) is 39.0 Å². The van der Waals surface area contributed by atoms with E-state index in [2.05, 4.69) is 0 Å². The van der Waals surface area contributed by atoms with Crippen molar-refractivity contribution in [2.45, 2.75) is 39.0 Å². The average Bonchev–Trinajstić information content (AvgIpc) is 2.88. The van der Waals surface area contributed by atoms with Gasteiger partial charge in [-0.15, -0.1) is 0 Å². The summed E-state index contributed by atoms with van der Waals surface area (Å²) >= 11 is 0. The Morgan fingerprint density at radius 1 is 1.33 bits per heavy atom. The van der Waals surface area contributed by atoms with E-state index in [0.717, 1.165) is 45.6 Å². The highest BCUT2D eigenvalue weighted by Crippen LogP contribution is 2.39. The molecule has 3 aliphatic heterocycles. The summed E-state index contributed by atoms with van der Waals surface area (Å²) in [7, 11) is 0. The molecule has 0 radical (unpaired) electrons. The second kappa shape index (κ2) is 5.95. The van der Waals surface area contributed by atoms with Crippen LogP contribution in [0.15, 0.2) is 0 Å². The molecular weight excluding hydrogens is 268 g/mol. The fourth-order valence-corrected chi connectivity index (χ4v) is 4.11. The minimum atomic E-state index is -0.118. The molecule has 0 aliphatic carbocycles. The van der Waals surface area contributed by atoms with Gasteiger partial charge in [-0.3, -0.25) is 9.59 Å². The molecule has 5 heteroatoms. The largest absolute Gasteiger partial charge is 0.381 e. The lowest BCUT2D eigenvalue weighted by atomic mass is 9.73. The van der Waals surface area contributed by atoms with E-state index in [-0.39, 0.29) is 23.1 Å². The van der Waals surface area contributed by atoms with Crippen LogP contribution in [0.4, 0.5) is 0 Å². The number of hydrogen-bond donors (Lipinski definition) is 0. The maximum absolute atomic E-state index is 12.7. The molecule has 21 heavy (non-hydrogen) atoms. The van der Waals surface area contributed by atoms with Crippen LogP contribution in [0.5, 0.6) is 0 Å². The number of ether oxygens (including phenoxy) is 1. The number of rotatable bonds is 2. The van der Waals surface area contributed by atoms with Gasteiger partial charge in [-0.05, 0) is 38.0 Å². The summed E-state index contributed by atoms with van der Waals surface area (Å²) in [6.45, 7) is 6.68. The molecule has 5 nitrogen and oxygen atoms in total. The third kappa shape index (κ3) is 2.93. The predicted octanol–water partition coefficient (Wildman–Crippen LogP) is 1.27. The van der Waals surface area contributed by atoms with E-state index in [1.165, 1.54) is 6.42 Å². The third-order valence-electron chi connectivity index (χ3n) is 5.47. The molecular formula is C16H26N2O3. The standard InChI is InChI=1S/C16H26N2O3/c1-2-17-11-13(10-14(17)19)15(20)18-7-3-4-16(12-18)5-8-21-9-6-16/h13H,2-12H2,1H3. The average molecular weight is 294 g/mol. The Morgan fingerprint density at radius 2 is 2.10 bits per heavy atom. The van der Waals surface area contributed by atoms with E-state index in [1.807, 2.05) is 11.8 Å². The van der Waals surface area contributed by atoms with Crippen molar-refractivity contribution in [3.63, 3.8) is 0 Å². The van der Waals surface area contributed by atoms with E-state index < -0.39 is 0 Å². The van der Waals surface area contributed by atoms with E-state index in [1.54, 1.807) is 4.90 Å². The van der Waals surface area contributed by atoms with Crippen LogP contribution in [-0.2, 0) is 14.3 Å². The molecule has 3 rings (SSSR count). The summed E-state index contributed by atoms with van der Waals surface area (Å²) < 4.78 is 5.48. The molecule has 3 saturated heterocycles. The highest BCUT2D eigenvalue weighted by molar-refractivity contribution is 5.89. The smallest absolute Gasteiger partial charge is 0.228 e. The maximum Gasteiger partial charge on any atom is 0.228 e. The number of carbonyl (C=O) groups is 2. The molecule has 0 N–H and O–H groups in total. The fraction of sp³-hybridized carbons (Fsp3) is 0.875. The van der Waals surface area contributed by atoms with Crippen molar-refractivity contribution in [1.29, 1.82) is 0 Å². The van der Waals surface area contributed by atoms with Crippen LogP contribution >= 0.6 is 0 Å². The number of carbonyl (C=O) groups excluding carboxylic acids is 2. The number of piperidine rings is 1. The molecule has 0 aromatic rings. The lowest BCUT2D eigenvalue weighted by Gasteiger charge is -2.45. The van der Waals surface area contributed by atoms with E-state index >= 15 is 0 Å². The Labute approximate surface area is 126 Å². The molecule has 2 amide bonds. The van der Waals surface area contributed by atoms with Crippen LogP contribution in [0, 0.1) is 11.3 Å². The van der Waals surface area contributed by atoms with Gasteiger partial charge in [0.2, 0.25) is 11.8 Å². The first-order chi connectivity index (χ1) is 10.1. The van der Waals surface area contributed by atoms with Gasteiger partial charge in [0.15, 0.2) is 0 Å². The Morgan fingerprint density at radius 3 is 2.76 bits per heavy atom. The summed E-state index contributed by atoms with van der Waals surface area (Å²) in [6, 6.07) is 0. The lowest BCUT2D eigenvalue weighted by molar-refractivity contribution is -0.141. The molecule has 1 atom stereocenters. The normalized spacial score (nSPS) is 29.2. The first-order valence-electron chi connectivity index (χ1n) is 8.28. The Kier molecular flexibility index (Phi) is 4.20. The lowest BCUT2D eigenvalue weighted by Crippen LogP contribution is -2.50. The monoisotopic (exact) mass is 294 g/mol. The second-order valence-electron chi connectivity index (χ2n) is 6.81. The van der Waals surface area contributed by atoms with Crippen LogP contribution in [0.25, 0.3) is 0 Å². The maximum atomic E-state index is 12.7. The predicted molar refractivity (Wildman–Crippen MR) is 78.7 cm³/mol. The summed E-state index contributed by atoms with van der Waals surface area (Å²) in [5, 5.41) is 0. The Balaban J connectivity index is 1.63. The Bertz CT molecular complexity index is 412. The molecule has 1 spiro atoms. The molecule has 0 bridgehead atoms. The third-order valence-corrected chi connectivity index (χ3v) is 5.47.